The SMILES string of the molecule is Cc1ccc2nc(COC(=O)CC(C)c3ccc(F)cc3)cc(=O)n2c1. The van der Waals surface area contributed by atoms with Gasteiger partial charge in [-0.1, -0.05) is 25.1 Å². The number of halogens is 1. The number of hydrogen-bond donors (Lipinski definition) is 0. The fraction of sp³-hybridized carbons (Fsp3) is 0.250. The van der Waals surface area contributed by atoms with Crippen molar-refractivity contribution in [1.29, 1.82) is 0 Å². The predicted molar refractivity (Wildman–Crippen MR) is 95.4 cm³/mol. The van der Waals surface area contributed by atoms with Gasteiger partial charge in [-0.15, -0.1) is 0 Å². The second-order valence-electron chi connectivity index (χ2n) is 6.34. The number of carbonyl (C=O) groups is 1. The van der Waals surface area contributed by atoms with Gasteiger partial charge in [-0.2, -0.15) is 0 Å². The average Bonchev–Trinajstić information content (AvgIpc) is 2.61. The maximum absolute atomic E-state index is 13.0. The lowest BCUT2D eigenvalue weighted by atomic mass is 9.98. The number of hydrogen-bond acceptors (Lipinski definition) is 4. The van der Waals surface area contributed by atoms with E-state index in [9.17, 15) is 14.0 Å². The Kier molecular flexibility index (Phi) is 5.11. The van der Waals surface area contributed by atoms with Gasteiger partial charge in [0.1, 0.15) is 18.1 Å². The fourth-order valence-electron chi connectivity index (χ4n) is 2.70. The molecule has 0 aliphatic rings. The normalized spacial score (nSPS) is 12.1. The van der Waals surface area contributed by atoms with Crippen LogP contribution in [0.3, 0.4) is 0 Å². The highest BCUT2D eigenvalue weighted by Gasteiger charge is 2.13. The third-order valence-electron chi connectivity index (χ3n) is 4.15. The van der Waals surface area contributed by atoms with E-state index in [1.165, 1.54) is 22.6 Å². The van der Waals surface area contributed by atoms with E-state index in [4.69, 9.17) is 4.74 Å². The number of esters is 1. The highest BCUT2D eigenvalue weighted by molar-refractivity contribution is 5.70. The molecular formula is C20H19FN2O3. The maximum atomic E-state index is 13.0. The summed E-state index contributed by atoms with van der Waals surface area (Å²) in [7, 11) is 0. The van der Waals surface area contributed by atoms with Gasteiger partial charge in [-0.05, 0) is 42.2 Å². The van der Waals surface area contributed by atoms with Crippen molar-refractivity contribution in [2.24, 2.45) is 0 Å². The summed E-state index contributed by atoms with van der Waals surface area (Å²) in [6.07, 6.45) is 1.88. The molecule has 0 aliphatic carbocycles. The quantitative estimate of drug-likeness (QED) is 0.659. The Labute approximate surface area is 150 Å². The summed E-state index contributed by atoms with van der Waals surface area (Å²) in [5.74, 6) is -0.804. The lowest BCUT2D eigenvalue weighted by Crippen LogP contribution is -2.17. The van der Waals surface area contributed by atoms with E-state index in [1.807, 2.05) is 19.9 Å². The third kappa shape index (κ3) is 4.14. The predicted octanol–water partition coefficient (Wildman–Crippen LogP) is 3.38. The molecule has 0 amide bonds. The van der Waals surface area contributed by atoms with Crippen molar-refractivity contribution < 1.29 is 13.9 Å². The van der Waals surface area contributed by atoms with Crippen LogP contribution in [0.1, 0.15) is 36.1 Å². The smallest absolute Gasteiger partial charge is 0.306 e. The summed E-state index contributed by atoms with van der Waals surface area (Å²) in [6.45, 7) is 3.70. The molecule has 1 aromatic carbocycles. The Morgan fingerprint density at radius 1 is 1.23 bits per heavy atom. The van der Waals surface area contributed by atoms with Gasteiger partial charge in [0.2, 0.25) is 0 Å². The minimum atomic E-state index is -0.396. The number of benzene rings is 1. The number of carbonyl (C=O) groups excluding carboxylic acids is 1. The van der Waals surface area contributed by atoms with E-state index in [-0.39, 0.29) is 30.3 Å². The molecule has 0 saturated carbocycles. The summed E-state index contributed by atoms with van der Waals surface area (Å²) in [5, 5.41) is 0. The molecule has 5 nitrogen and oxygen atoms in total. The van der Waals surface area contributed by atoms with Crippen molar-refractivity contribution in [1.82, 2.24) is 9.38 Å². The molecule has 134 valence electrons. The second kappa shape index (κ2) is 7.47. The molecule has 0 aliphatic heterocycles. The van der Waals surface area contributed by atoms with Crippen LogP contribution in [0, 0.1) is 12.7 Å². The zero-order valence-corrected chi connectivity index (χ0v) is 14.6. The molecule has 0 N–H and O–H groups in total. The van der Waals surface area contributed by atoms with Crippen LogP contribution in [0.5, 0.6) is 0 Å². The molecule has 2 heterocycles. The first-order chi connectivity index (χ1) is 12.4. The van der Waals surface area contributed by atoms with Gasteiger partial charge in [-0.25, -0.2) is 9.37 Å². The third-order valence-corrected chi connectivity index (χ3v) is 4.15. The summed E-state index contributed by atoms with van der Waals surface area (Å²) >= 11 is 0. The number of fused-ring (bicyclic) bond motifs is 1. The van der Waals surface area contributed by atoms with E-state index in [1.54, 1.807) is 24.4 Å². The van der Waals surface area contributed by atoms with Gasteiger partial charge in [0.05, 0.1) is 12.1 Å². The van der Waals surface area contributed by atoms with Crippen molar-refractivity contribution in [3.8, 4) is 0 Å². The molecule has 2 aromatic heterocycles. The minimum Gasteiger partial charge on any atom is -0.459 e. The van der Waals surface area contributed by atoms with Crippen molar-refractivity contribution in [2.45, 2.75) is 32.8 Å². The molecule has 3 aromatic rings. The van der Waals surface area contributed by atoms with Crippen LogP contribution < -0.4 is 5.56 Å². The summed E-state index contributed by atoms with van der Waals surface area (Å²) in [4.78, 5) is 28.5. The van der Waals surface area contributed by atoms with Crippen molar-refractivity contribution in [2.75, 3.05) is 0 Å². The van der Waals surface area contributed by atoms with E-state index in [0.717, 1.165) is 11.1 Å². The number of aryl methyl sites for hydroxylation is 1. The van der Waals surface area contributed by atoms with Crippen molar-refractivity contribution in [3.63, 3.8) is 0 Å². The Bertz CT molecular complexity index is 996. The average molecular weight is 354 g/mol. The minimum absolute atomic E-state index is 0.0609. The van der Waals surface area contributed by atoms with Crippen LogP contribution in [0.4, 0.5) is 4.39 Å². The van der Waals surface area contributed by atoms with Gasteiger partial charge in [0.25, 0.3) is 5.56 Å². The molecule has 0 fully saturated rings. The first-order valence-electron chi connectivity index (χ1n) is 8.32. The largest absolute Gasteiger partial charge is 0.459 e. The van der Waals surface area contributed by atoms with Crippen LogP contribution in [0.25, 0.3) is 5.65 Å². The number of rotatable bonds is 5. The Morgan fingerprint density at radius 2 is 1.96 bits per heavy atom. The highest BCUT2D eigenvalue weighted by Crippen LogP contribution is 2.20. The molecule has 0 bridgehead atoms. The van der Waals surface area contributed by atoms with E-state index in [2.05, 4.69) is 4.98 Å². The number of ether oxygens (including phenoxy) is 1. The molecule has 26 heavy (non-hydrogen) atoms. The van der Waals surface area contributed by atoms with Crippen LogP contribution in [0.15, 0.2) is 53.5 Å². The molecule has 0 spiro atoms. The van der Waals surface area contributed by atoms with Crippen LogP contribution >= 0.6 is 0 Å². The van der Waals surface area contributed by atoms with Crippen molar-refractivity contribution in [3.05, 3.63) is 81.7 Å². The summed E-state index contributed by atoms with van der Waals surface area (Å²) in [5.41, 5.74) is 2.51. The maximum Gasteiger partial charge on any atom is 0.306 e. The van der Waals surface area contributed by atoms with Gasteiger partial charge >= 0.3 is 5.97 Å². The molecule has 1 atom stereocenters. The monoisotopic (exact) mass is 354 g/mol. The lowest BCUT2D eigenvalue weighted by molar-refractivity contribution is -0.145. The summed E-state index contributed by atoms with van der Waals surface area (Å²) < 4.78 is 19.7. The molecular weight excluding hydrogens is 335 g/mol. The van der Waals surface area contributed by atoms with Crippen LogP contribution in [-0.2, 0) is 16.1 Å². The molecule has 0 radical (unpaired) electrons. The van der Waals surface area contributed by atoms with Crippen molar-refractivity contribution >= 4 is 11.6 Å². The van der Waals surface area contributed by atoms with Gasteiger partial charge in [0.15, 0.2) is 0 Å². The topological polar surface area (TPSA) is 60.7 Å². The molecule has 1 unspecified atom stereocenters. The fourth-order valence-corrected chi connectivity index (χ4v) is 2.70. The molecule has 3 rings (SSSR count). The van der Waals surface area contributed by atoms with E-state index < -0.39 is 5.97 Å². The van der Waals surface area contributed by atoms with E-state index >= 15 is 0 Å². The highest BCUT2D eigenvalue weighted by atomic mass is 19.1. The van der Waals surface area contributed by atoms with Crippen LogP contribution in [0.2, 0.25) is 0 Å². The van der Waals surface area contributed by atoms with Gasteiger partial charge in [-0.3, -0.25) is 14.0 Å². The number of aromatic nitrogens is 2. The van der Waals surface area contributed by atoms with E-state index in [0.29, 0.717) is 11.3 Å². The second-order valence-corrected chi connectivity index (χ2v) is 6.34. The number of nitrogens with zero attached hydrogens (tertiary/aromatic N) is 2. The standard InChI is InChI=1S/C20H19FN2O3/c1-13-3-8-18-22-17(10-19(24)23(18)11-13)12-26-20(25)9-14(2)15-4-6-16(21)7-5-15/h3-8,10-11,14H,9,12H2,1-2H3. The van der Waals surface area contributed by atoms with Gasteiger partial charge < -0.3 is 4.74 Å². The first-order valence-corrected chi connectivity index (χ1v) is 8.32. The Balaban J connectivity index is 1.64. The Hall–Kier alpha value is -3.02. The number of pyridine rings is 1. The van der Waals surface area contributed by atoms with Crippen LogP contribution in [-0.4, -0.2) is 15.4 Å². The Morgan fingerprint density at radius 3 is 2.69 bits per heavy atom. The van der Waals surface area contributed by atoms with Gasteiger partial charge in [0, 0.05) is 12.3 Å². The zero-order valence-electron chi connectivity index (χ0n) is 14.6. The molecule has 6 heteroatoms. The zero-order chi connectivity index (χ0) is 18.7. The summed E-state index contributed by atoms with van der Waals surface area (Å²) in [6, 6.07) is 11.0. The molecule has 0 saturated heterocycles. The lowest BCUT2D eigenvalue weighted by Gasteiger charge is -2.11. The first kappa shape index (κ1) is 17.8.